The highest BCUT2D eigenvalue weighted by Crippen LogP contribution is 2.25. The monoisotopic (exact) mass is 325 g/mol. The first kappa shape index (κ1) is 13.5. The maximum absolute atomic E-state index is 5.98. The van der Waals surface area contributed by atoms with Gasteiger partial charge in [0.25, 0.3) is 0 Å². The number of aromatic nitrogens is 1. The number of nitrogens with two attached hydrogens (primary N) is 1. The average molecular weight is 326 g/mol. The lowest BCUT2D eigenvalue weighted by Crippen LogP contribution is -2.21. The molecule has 2 N–H and O–H groups in total. The van der Waals surface area contributed by atoms with Gasteiger partial charge >= 0.3 is 0 Å². The van der Waals surface area contributed by atoms with Crippen molar-refractivity contribution >= 4 is 33.1 Å². The van der Waals surface area contributed by atoms with Crippen LogP contribution >= 0.6 is 27.3 Å². The lowest BCUT2D eigenvalue weighted by molar-refractivity contribution is 0.790. The van der Waals surface area contributed by atoms with E-state index < -0.39 is 0 Å². The highest BCUT2D eigenvalue weighted by atomic mass is 79.9. The lowest BCUT2D eigenvalue weighted by Gasteiger charge is -2.21. The van der Waals surface area contributed by atoms with Gasteiger partial charge in [-0.25, -0.2) is 4.98 Å². The first-order valence-corrected chi connectivity index (χ1v) is 7.39. The van der Waals surface area contributed by atoms with Gasteiger partial charge in [-0.15, -0.1) is 11.3 Å². The molecule has 0 saturated heterocycles. The van der Waals surface area contributed by atoms with Crippen molar-refractivity contribution < 1.29 is 0 Å². The van der Waals surface area contributed by atoms with Crippen LogP contribution in [-0.2, 0) is 6.54 Å². The van der Waals surface area contributed by atoms with Crippen LogP contribution in [0.3, 0.4) is 0 Å². The Hall–Kier alpha value is -0.910. The fourth-order valence-electron chi connectivity index (χ4n) is 1.83. The van der Waals surface area contributed by atoms with E-state index in [1.807, 2.05) is 32.3 Å². The summed E-state index contributed by atoms with van der Waals surface area (Å²) in [5, 5.41) is 2.09. The summed E-state index contributed by atoms with van der Waals surface area (Å²) >= 11 is 5.21. The molecule has 0 aromatic carbocycles. The Morgan fingerprint density at radius 3 is 2.94 bits per heavy atom. The highest BCUT2D eigenvalue weighted by molar-refractivity contribution is 9.10. The van der Waals surface area contributed by atoms with Crippen LogP contribution in [0.2, 0.25) is 0 Å². The number of thiophene rings is 1. The molecule has 0 saturated carbocycles. The number of hydrogen-bond donors (Lipinski definition) is 1. The zero-order chi connectivity index (χ0) is 13.1. The van der Waals surface area contributed by atoms with Gasteiger partial charge in [0.05, 0.1) is 6.54 Å². The van der Waals surface area contributed by atoms with Crippen molar-refractivity contribution in [1.82, 2.24) is 4.98 Å². The third kappa shape index (κ3) is 3.10. The Balaban J connectivity index is 2.20. The summed E-state index contributed by atoms with van der Waals surface area (Å²) < 4.78 is 1.13. The van der Waals surface area contributed by atoms with Crippen molar-refractivity contribution in [3.05, 3.63) is 44.7 Å². The van der Waals surface area contributed by atoms with Gasteiger partial charge in [-0.1, -0.05) is 6.07 Å². The van der Waals surface area contributed by atoms with Crippen molar-refractivity contribution in [1.29, 1.82) is 0 Å². The van der Waals surface area contributed by atoms with Gasteiger partial charge in [-0.05, 0) is 35.0 Å². The molecule has 0 amide bonds. The molecule has 0 radical (unpaired) electrons. The molecule has 3 nitrogen and oxygen atoms in total. The number of pyridine rings is 1. The molecule has 2 rings (SSSR count). The van der Waals surface area contributed by atoms with Gasteiger partial charge in [0.2, 0.25) is 0 Å². The minimum Gasteiger partial charge on any atom is -0.354 e. The molecule has 18 heavy (non-hydrogen) atoms. The van der Waals surface area contributed by atoms with Crippen molar-refractivity contribution in [2.24, 2.45) is 5.73 Å². The SMILES string of the molecule is C[C@@H](N)c1cccnc1N(C)Cc1cc(Br)cs1. The summed E-state index contributed by atoms with van der Waals surface area (Å²) in [5.74, 6) is 0.956. The fraction of sp³-hybridized carbons (Fsp3) is 0.308. The third-order valence-electron chi connectivity index (χ3n) is 2.68. The Morgan fingerprint density at radius 2 is 2.33 bits per heavy atom. The van der Waals surface area contributed by atoms with E-state index >= 15 is 0 Å². The Kier molecular flexibility index (Phi) is 4.37. The van der Waals surface area contributed by atoms with Crippen molar-refractivity contribution in [2.75, 3.05) is 11.9 Å². The Bertz CT molecular complexity index is 524. The van der Waals surface area contributed by atoms with E-state index in [1.54, 1.807) is 11.3 Å². The number of nitrogens with zero attached hydrogens (tertiary/aromatic N) is 2. The van der Waals surface area contributed by atoms with Gasteiger partial charge in [0.1, 0.15) is 5.82 Å². The zero-order valence-electron chi connectivity index (χ0n) is 10.4. The van der Waals surface area contributed by atoms with Crippen LogP contribution in [0.15, 0.2) is 34.2 Å². The topological polar surface area (TPSA) is 42.1 Å². The molecule has 2 aromatic heterocycles. The van der Waals surface area contributed by atoms with Crippen LogP contribution in [-0.4, -0.2) is 12.0 Å². The quantitative estimate of drug-likeness (QED) is 0.934. The molecular weight excluding hydrogens is 310 g/mol. The van der Waals surface area contributed by atoms with E-state index in [0.29, 0.717) is 0 Å². The summed E-state index contributed by atoms with van der Waals surface area (Å²) in [6, 6.07) is 6.09. The summed E-state index contributed by atoms with van der Waals surface area (Å²) in [6.45, 7) is 2.82. The number of anilines is 1. The molecule has 0 fully saturated rings. The second-order valence-corrected chi connectivity index (χ2v) is 6.20. The molecule has 2 aromatic rings. The van der Waals surface area contributed by atoms with E-state index in [1.165, 1.54) is 4.88 Å². The number of rotatable bonds is 4. The normalized spacial score (nSPS) is 12.4. The van der Waals surface area contributed by atoms with E-state index in [0.717, 1.165) is 22.4 Å². The van der Waals surface area contributed by atoms with Gasteiger partial charge in [0, 0.05) is 39.6 Å². The molecule has 0 aliphatic carbocycles. The summed E-state index contributed by atoms with van der Waals surface area (Å²) in [4.78, 5) is 7.87. The summed E-state index contributed by atoms with van der Waals surface area (Å²) in [6.07, 6.45) is 1.81. The van der Waals surface area contributed by atoms with E-state index in [9.17, 15) is 0 Å². The van der Waals surface area contributed by atoms with Crippen LogP contribution in [0, 0.1) is 0 Å². The number of halogens is 1. The fourth-order valence-corrected chi connectivity index (χ4v) is 3.33. The van der Waals surface area contributed by atoms with Crippen LogP contribution in [0.5, 0.6) is 0 Å². The minimum atomic E-state index is -0.00813. The first-order valence-electron chi connectivity index (χ1n) is 5.72. The average Bonchev–Trinajstić information content (AvgIpc) is 2.74. The molecule has 0 aliphatic rings. The van der Waals surface area contributed by atoms with Crippen LogP contribution in [0.25, 0.3) is 0 Å². The van der Waals surface area contributed by atoms with Gasteiger partial charge in [0.15, 0.2) is 0 Å². The van der Waals surface area contributed by atoms with Crippen LogP contribution < -0.4 is 10.6 Å². The molecule has 5 heteroatoms. The first-order chi connectivity index (χ1) is 8.58. The lowest BCUT2D eigenvalue weighted by atomic mass is 10.1. The molecule has 2 heterocycles. The smallest absolute Gasteiger partial charge is 0.133 e. The second-order valence-electron chi connectivity index (χ2n) is 4.29. The summed E-state index contributed by atoms with van der Waals surface area (Å²) in [7, 11) is 2.04. The van der Waals surface area contributed by atoms with Gasteiger partial charge < -0.3 is 10.6 Å². The zero-order valence-corrected chi connectivity index (χ0v) is 12.8. The molecule has 0 unspecified atom stereocenters. The van der Waals surface area contributed by atoms with Crippen molar-refractivity contribution in [2.45, 2.75) is 19.5 Å². The Labute approximate surface area is 120 Å². The molecule has 1 atom stereocenters. The van der Waals surface area contributed by atoms with Gasteiger partial charge in [-0.2, -0.15) is 0 Å². The third-order valence-corrected chi connectivity index (χ3v) is 4.37. The Morgan fingerprint density at radius 1 is 1.56 bits per heavy atom. The van der Waals surface area contributed by atoms with Crippen molar-refractivity contribution in [3.63, 3.8) is 0 Å². The standard InChI is InChI=1S/C13H16BrN3S/c1-9(15)12-4-3-5-16-13(12)17(2)7-11-6-10(14)8-18-11/h3-6,8-9H,7,15H2,1-2H3/t9-/m1/s1. The van der Waals surface area contributed by atoms with Crippen molar-refractivity contribution in [3.8, 4) is 0 Å². The van der Waals surface area contributed by atoms with Gasteiger partial charge in [-0.3, -0.25) is 0 Å². The second kappa shape index (κ2) is 5.82. The maximum atomic E-state index is 5.98. The molecule has 0 spiro atoms. The molecular formula is C13H16BrN3S. The maximum Gasteiger partial charge on any atom is 0.133 e. The molecule has 0 bridgehead atoms. The number of hydrogen-bond acceptors (Lipinski definition) is 4. The van der Waals surface area contributed by atoms with E-state index in [4.69, 9.17) is 5.73 Å². The minimum absolute atomic E-state index is 0.00813. The van der Waals surface area contributed by atoms with E-state index in [-0.39, 0.29) is 6.04 Å². The molecule has 0 aliphatic heterocycles. The predicted molar refractivity (Wildman–Crippen MR) is 81.0 cm³/mol. The summed E-state index contributed by atoms with van der Waals surface area (Å²) in [5.41, 5.74) is 7.06. The predicted octanol–water partition coefficient (Wildman–Crippen LogP) is 3.56. The largest absolute Gasteiger partial charge is 0.354 e. The molecule has 96 valence electrons. The highest BCUT2D eigenvalue weighted by Gasteiger charge is 2.12. The van der Waals surface area contributed by atoms with Crippen LogP contribution in [0.1, 0.15) is 23.4 Å². The van der Waals surface area contributed by atoms with Crippen LogP contribution in [0.4, 0.5) is 5.82 Å². The van der Waals surface area contributed by atoms with E-state index in [2.05, 4.69) is 37.3 Å².